The van der Waals surface area contributed by atoms with E-state index in [-0.39, 0.29) is 47.4 Å². The van der Waals surface area contributed by atoms with Gasteiger partial charge >= 0.3 is 17.9 Å². The molecule has 19 heavy (non-hydrogen) atoms. The number of carbonyl (C=O) groups is 3. The zero-order valence-corrected chi connectivity index (χ0v) is 10.4. The van der Waals surface area contributed by atoms with E-state index in [0.717, 1.165) is 0 Å². The summed E-state index contributed by atoms with van der Waals surface area (Å²) in [6, 6.07) is 0. The summed E-state index contributed by atoms with van der Waals surface area (Å²) in [5.41, 5.74) is 0. The van der Waals surface area contributed by atoms with Gasteiger partial charge in [0.2, 0.25) is 0 Å². The van der Waals surface area contributed by atoms with Gasteiger partial charge in [-0.15, -0.1) is 0 Å². The second-order valence-electron chi connectivity index (χ2n) is 5.76. The highest BCUT2D eigenvalue weighted by Crippen LogP contribution is 2.68. The van der Waals surface area contributed by atoms with E-state index in [9.17, 15) is 14.4 Å². The number of allylic oxidation sites excluding steroid dienone is 2. The minimum absolute atomic E-state index is 0.0339. The highest BCUT2D eigenvalue weighted by Gasteiger charge is 2.73. The van der Waals surface area contributed by atoms with Crippen molar-refractivity contribution in [2.24, 2.45) is 41.4 Å². The topological polar surface area (TPSA) is 69.7 Å². The fourth-order valence-electron chi connectivity index (χ4n) is 4.46. The van der Waals surface area contributed by atoms with E-state index in [1.165, 1.54) is 0 Å². The molecule has 2 bridgehead atoms. The first-order chi connectivity index (χ1) is 9.15. The molecule has 1 saturated heterocycles. The van der Waals surface area contributed by atoms with Crippen molar-refractivity contribution >= 4 is 17.9 Å². The number of cyclic esters (lactones) is 2. The number of hydrogen-bond donors (Lipinski definition) is 0. The van der Waals surface area contributed by atoms with Crippen LogP contribution in [0.25, 0.3) is 0 Å². The zero-order valence-electron chi connectivity index (χ0n) is 10.4. The van der Waals surface area contributed by atoms with Crippen molar-refractivity contribution in [2.75, 3.05) is 6.61 Å². The normalized spacial score (nSPS) is 48.6. The van der Waals surface area contributed by atoms with Crippen molar-refractivity contribution in [1.82, 2.24) is 0 Å². The predicted octanol–water partition coefficient (Wildman–Crippen LogP) is 0.543. The van der Waals surface area contributed by atoms with Crippen molar-refractivity contribution in [3.8, 4) is 0 Å². The van der Waals surface area contributed by atoms with Crippen LogP contribution < -0.4 is 0 Å². The summed E-state index contributed by atoms with van der Waals surface area (Å²) in [7, 11) is 0. The van der Waals surface area contributed by atoms with Gasteiger partial charge in [-0.05, 0) is 30.6 Å². The molecule has 1 heterocycles. The molecule has 3 fully saturated rings. The molecule has 5 aliphatic rings. The third kappa shape index (κ3) is 1.23. The van der Waals surface area contributed by atoms with Crippen LogP contribution in [-0.2, 0) is 23.9 Å². The molecule has 0 N–H and O–H groups in total. The van der Waals surface area contributed by atoms with Crippen molar-refractivity contribution in [1.29, 1.82) is 0 Å². The molecule has 4 aliphatic carbocycles. The van der Waals surface area contributed by atoms with E-state index in [2.05, 4.69) is 0 Å². The Kier molecular flexibility index (Phi) is 2.04. The maximum absolute atomic E-state index is 11.9. The maximum atomic E-state index is 11.9. The molecule has 0 aromatic carbocycles. The molecule has 0 spiro atoms. The Bertz CT molecular complexity index is 486. The second kappa shape index (κ2) is 3.46. The lowest BCUT2D eigenvalue weighted by Gasteiger charge is -2.36. The first-order valence-electron chi connectivity index (χ1n) is 6.75. The Morgan fingerprint density at radius 3 is 2.16 bits per heavy atom. The quantitative estimate of drug-likeness (QED) is 0.413. The second-order valence-corrected chi connectivity index (χ2v) is 5.76. The number of rotatable bonds is 2. The van der Waals surface area contributed by atoms with Crippen LogP contribution in [0.4, 0.5) is 0 Å². The molecular weight excluding hydrogens is 248 g/mol. The van der Waals surface area contributed by atoms with Gasteiger partial charge in [-0.3, -0.25) is 14.4 Å². The third-order valence-electron chi connectivity index (χ3n) is 5.10. The van der Waals surface area contributed by atoms with Gasteiger partial charge in [0.05, 0.1) is 24.4 Å². The van der Waals surface area contributed by atoms with Gasteiger partial charge in [0, 0.05) is 0 Å². The summed E-state index contributed by atoms with van der Waals surface area (Å²) in [6.45, 7) is 2.15. The first kappa shape index (κ1) is 11.2. The van der Waals surface area contributed by atoms with Gasteiger partial charge in [-0.25, -0.2) is 0 Å². The molecule has 2 saturated carbocycles. The Hall–Kier alpha value is -1.65. The SMILES string of the molecule is CCOC(=O)C1C2[C@H]1[C@H]1C=C[C@@H]2[C@@H]2C(=O)OC(=O)[C@H]12. The molecule has 5 rings (SSSR count). The van der Waals surface area contributed by atoms with E-state index < -0.39 is 11.9 Å². The summed E-state index contributed by atoms with van der Waals surface area (Å²) in [5, 5.41) is 0. The summed E-state index contributed by atoms with van der Waals surface area (Å²) < 4.78 is 9.86. The lowest BCUT2D eigenvalue weighted by molar-refractivity contribution is -0.154. The number of carbonyl (C=O) groups excluding carboxylic acids is 3. The van der Waals surface area contributed by atoms with Gasteiger partial charge in [-0.1, -0.05) is 12.2 Å². The van der Waals surface area contributed by atoms with Crippen molar-refractivity contribution in [3.05, 3.63) is 12.2 Å². The van der Waals surface area contributed by atoms with Crippen LogP contribution in [0.5, 0.6) is 0 Å². The number of esters is 3. The molecule has 0 amide bonds. The lowest BCUT2D eigenvalue weighted by atomic mass is 9.63. The Balaban J connectivity index is 1.67. The van der Waals surface area contributed by atoms with Crippen molar-refractivity contribution in [3.63, 3.8) is 0 Å². The molecule has 0 radical (unpaired) electrons. The van der Waals surface area contributed by atoms with E-state index in [0.29, 0.717) is 6.61 Å². The largest absolute Gasteiger partial charge is 0.466 e. The van der Waals surface area contributed by atoms with E-state index in [1.807, 2.05) is 12.2 Å². The van der Waals surface area contributed by atoms with E-state index >= 15 is 0 Å². The summed E-state index contributed by atoms with van der Waals surface area (Å²) in [5.74, 6) is -1.65. The van der Waals surface area contributed by atoms with Crippen LogP contribution >= 0.6 is 0 Å². The Labute approximate surface area is 109 Å². The van der Waals surface area contributed by atoms with Crippen LogP contribution in [0.15, 0.2) is 12.2 Å². The van der Waals surface area contributed by atoms with E-state index in [1.54, 1.807) is 6.92 Å². The monoisotopic (exact) mass is 262 g/mol. The fourth-order valence-corrected chi connectivity index (χ4v) is 4.46. The van der Waals surface area contributed by atoms with Crippen LogP contribution in [-0.4, -0.2) is 24.5 Å². The third-order valence-corrected chi connectivity index (χ3v) is 5.10. The minimum Gasteiger partial charge on any atom is -0.466 e. The number of hydrogen-bond acceptors (Lipinski definition) is 5. The van der Waals surface area contributed by atoms with Gasteiger partial charge in [0.25, 0.3) is 0 Å². The fraction of sp³-hybridized carbons (Fsp3) is 0.643. The molecule has 5 nitrogen and oxygen atoms in total. The molecular formula is C14H14O5. The van der Waals surface area contributed by atoms with Gasteiger partial charge < -0.3 is 9.47 Å². The number of ether oxygens (including phenoxy) is 2. The molecule has 0 aromatic rings. The molecule has 2 unspecified atom stereocenters. The highest BCUT2D eigenvalue weighted by molar-refractivity contribution is 5.98. The smallest absolute Gasteiger partial charge is 0.318 e. The van der Waals surface area contributed by atoms with Crippen molar-refractivity contribution < 1.29 is 23.9 Å². The lowest BCUT2D eigenvalue weighted by Crippen LogP contribution is -2.40. The average Bonchev–Trinajstić information content (AvgIpc) is 3.08. The molecule has 1 aliphatic heterocycles. The van der Waals surface area contributed by atoms with Crippen LogP contribution in [0, 0.1) is 41.4 Å². The van der Waals surface area contributed by atoms with Crippen LogP contribution in [0.3, 0.4) is 0 Å². The first-order valence-corrected chi connectivity index (χ1v) is 6.75. The summed E-state index contributed by atoms with van der Waals surface area (Å²) >= 11 is 0. The van der Waals surface area contributed by atoms with Crippen molar-refractivity contribution in [2.45, 2.75) is 6.92 Å². The standard InChI is InChI=1S/C14H14O5/c1-2-18-12(15)11-7-5-3-4-6(8(7)11)10-9(5)13(16)19-14(10)17/h3-11H,2H2,1H3/t5-,6+,7-,8?,9-,10+,11?/m1/s1. The average molecular weight is 262 g/mol. The molecule has 5 heteroatoms. The highest BCUT2D eigenvalue weighted by atomic mass is 16.6. The van der Waals surface area contributed by atoms with Crippen LogP contribution in [0.2, 0.25) is 0 Å². The molecule has 7 atom stereocenters. The summed E-state index contributed by atoms with van der Waals surface area (Å²) in [6.07, 6.45) is 3.98. The van der Waals surface area contributed by atoms with Gasteiger partial charge in [0.1, 0.15) is 0 Å². The van der Waals surface area contributed by atoms with Crippen LogP contribution in [0.1, 0.15) is 6.92 Å². The Morgan fingerprint density at radius 1 is 1.16 bits per heavy atom. The minimum atomic E-state index is -0.415. The van der Waals surface area contributed by atoms with E-state index in [4.69, 9.17) is 9.47 Å². The van der Waals surface area contributed by atoms with Gasteiger partial charge in [0.15, 0.2) is 0 Å². The molecule has 0 aromatic heterocycles. The Morgan fingerprint density at radius 2 is 1.68 bits per heavy atom. The molecule has 100 valence electrons. The predicted molar refractivity (Wildman–Crippen MR) is 61.3 cm³/mol. The zero-order chi connectivity index (χ0) is 13.3. The van der Waals surface area contributed by atoms with Gasteiger partial charge in [-0.2, -0.15) is 0 Å². The maximum Gasteiger partial charge on any atom is 0.318 e. The summed E-state index contributed by atoms with van der Waals surface area (Å²) in [4.78, 5) is 35.5.